The lowest BCUT2D eigenvalue weighted by Crippen LogP contribution is -2.38. The Morgan fingerprint density at radius 3 is 2.65 bits per heavy atom. The molecule has 5 fully saturated rings. The average Bonchev–Trinajstić information content (AvgIpc) is 3.35. The molecule has 2 bridgehead atoms. The largest absolute Gasteiger partial charge is 0.375 e. The lowest BCUT2D eigenvalue weighted by atomic mass is 9.79. The summed E-state index contributed by atoms with van der Waals surface area (Å²) in [6.45, 7) is 3.42. The second-order valence-corrected chi connectivity index (χ2v) is 7.49. The Morgan fingerprint density at radius 1 is 1.05 bits per heavy atom. The second kappa shape index (κ2) is 4.42. The molecule has 0 aromatic heterocycles. The van der Waals surface area contributed by atoms with Crippen LogP contribution in [0, 0.1) is 17.8 Å². The van der Waals surface area contributed by atoms with Gasteiger partial charge in [0.05, 0.1) is 38.1 Å². The van der Waals surface area contributed by atoms with Crippen LogP contribution in [0.1, 0.15) is 32.1 Å². The first-order valence-corrected chi connectivity index (χ1v) is 8.31. The summed E-state index contributed by atoms with van der Waals surface area (Å²) in [5.74, 6) is 2.49. The third-order valence-electron chi connectivity index (χ3n) is 6.28. The molecule has 0 spiro atoms. The molecule has 4 heteroatoms. The fourth-order valence-electron chi connectivity index (χ4n) is 5.13. The zero-order valence-electron chi connectivity index (χ0n) is 12.0. The highest BCUT2D eigenvalue weighted by Crippen LogP contribution is 2.62. The van der Waals surface area contributed by atoms with Gasteiger partial charge in [0.15, 0.2) is 0 Å². The average molecular weight is 280 g/mol. The maximum Gasteiger partial charge on any atom is 0.104 e. The van der Waals surface area contributed by atoms with Gasteiger partial charge in [-0.3, -0.25) is 0 Å². The molecule has 0 amide bonds. The van der Waals surface area contributed by atoms with E-state index in [9.17, 15) is 0 Å². The van der Waals surface area contributed by atoms with Gasteiger partial charge in [-0.15, -0.1) is 0 Å². The van der Waals surface area contributed by atoms with Crippen molar-refractivity contribution in [1.82, 2.24) is 0 Å². The van der Waals surface area contributed by atoms with Crippen LogP contribution in [0.5, 0.6) is 0 Å². The first-order valence-electron chi connectivity index (χ1n) is 8.31. The summed E-state index contributed by atoms with van der Waals surface area (Å²) in [6.07, 6.45) is 7.64. The molecule has 5 rings (SSSR count). The third-order valence-corrected chi connectivity index (χ3v) is 6.28. The van der Waals surface area contributed by atoms with Gasteiger partial charge in [-0.1, -0.05) is 0 Å². The Balaban J connectivity index is 1.24. The van der Waals surface area contributed by atoms with Gasteiger partial charge in [-0.05, 0) is 49.9 Å². The van der Waals surface area contributed by atoms with Crippen LogP contribution in [0.2, 0.25) is 0 Å². The van der Waals surface area contributed by atoms with E-state index in [0.29, 0.717) is 18.3 Å². The van der Waals surface area contributed by atoms with Crippen LogP contribution in [-0.4, -0.2) is 50.3 Å². The SMILES string of the molecule is C1OC1COC1CC2C3CCC(OCC4CO4)(C3)C2C1. The van der Waals surface area contributed by atoms with E-state index in [1.54, 1.807) is 0 Å². The monoisotopic (exact) mass is 280 g/mol. The van der Waals surface area contributed by atoms with E-state index in [1.807, 2.05) is 0 Å². The molecular weight excluding hydrogens is 256 g/mol. The van der Waals surface area contributed by atoms with Gasteiger partial charge in [-0.2, -0.15) is 0 Å². The molecule has 3 saturated carbocycles. The summed E-state index contributed by atoms with van der Waals surface area (Å²) < 4.78 is 23.0. The quantitative estimate of drug-likeness (QED) is 0.695. The summed E-state index contributed by atoms with van der Waals surface area (Å²) in [4.78, 5) is 0. The number of fused-ring (bicyclic) bond motifs is 5. The highest BCUT2D eigenvalue weighted by molar-refractivity contribution is 5.12. The van der Waals surface area contributed by atoms with E-state index in [0.717, 1.165) is 44.2 Å². The standard InChI is InChI=1S/C16H24O4/c1-2-16(20-9-13-8-19-13)5-10(1)14-3-11(4-15(14)16)17-6-12-7-18-12/h10-15H,1-9H2. The van der Waals surface area contributed by atoms with Crippen molar-refractivity contribution in [3.8, 4) is 0 Å². The van der Waals surface area contributed by atoms with Crippen LogP contribution in [0.4, 0.5) is 0 Å². The molecule has 3 aliphatic carbocycles. The zero-order chi connectivity index (χ0) is 13.2. The lowest BCUT2D eigenvalue weighted by molar-refractivity contribution is -0.0850. The molecule has 7 unspecified atom stereocenters. The van der Waals surface area contributed by atoms with Crippen molar-refractivity contribution < 1.29 is 18.9 Å². The Kier molecular flexibility index (Phi) is 2.74. The van der Waals surface area contributed by atoms with Gasteiger partial charge in [-0.25, -0.2) is 0 Å². The molecule has 2 aliphatic heterocycles. The molecule has 0 aromatic carbocycles. The molecule has 4 nitrogen and oxygen atoms in total. The van der Waals surface area contributed by atoms with Gasteiger partial charge in [0.1, 0.15) is 12.2 Å². The van der Waals surface area contributed by atoms with Crippen LogP contribution in [-0.2, 0) is 18.9 Å². The number of rotatable bonds is 6. The Labute approximate surface area is 120 Å². The van der Waals surface area contributed by atoms with Crippen molar-refractivity contribution in [2.24, 2.45) is 17.8 Å². The molecule has 0 radical (unpaired) electrons. The Morgan fingerprint density at radius 2 is 1.85 bits per heavy atom. The van der Waals surface area contributed by atoms with Gasteiger partial charge in [0.2, 0.25) is 0 Å². The second-order valence-electron chi connectivity index (χ2n) is 7.49. The Hall–Kier alpha value is -0.160. The maximum absolute atomic E-state index is 6.40. The normalized spacial score (nSPS) is 55.2. The van der Waals surface area contributed by atoms with Gasteiger partial charge >= 0.3 is 0 Å². The minimum Gasteiger partial charge on any atom is -0.375 e. The predicted molar refractivity (Wildman–Crippen MR) is 71.5 cm³/mol. The van der Waals surface area contributed by atoms with Crippen LogP contribution in [0.3, 0.4) is 0 Å². The fraction of sp³-hybridized carbons (Fsp3) is 1.00. The van der Waals surface area contributed by atoms with Gasteiger partial charge in [0, 0.05) is 0 Å². The van der Waals surface area contributed by atoms with E-state index in [2.05, 4.69) is 0 Å². The molecule has 5 aliphatic rings. The first-order chi connectivity index (χ1) is 9.82. The first kappa shape index (κ1) is 12.4. The molecular formula is C16H24O4. The Bertz CT molecular complexity index is 392. The minimum absolute atomic E-state index is 0.176. The highest BCUT2D eigenvalue weighted by atomic mass is 16.6. The van der Waals surface area contributed by atoms with E-state index in [4.69, 9.17) is 18.9 Å². The summed E-state index contributed by atoms with van der Waals surface area (Å²) in [5.41, 5.74) is 0.176. The van der Waals surface area contributed by atoms with Crippen molar-refractivity contribution in [1.29, 1.82) is 0 Å². The third kappa shape index (κ3) is 2.04. The number of ether oxygens (including phenoxy) is 4. The van der Waals surface area contributed by atoms with E-state index >= 15 is 0 Å². The minimum atomic E-state index is 0.176. The summed E-state index contributed by atoms with van der Waals surface area (Å²) in [6, 6.07) is 0. The van der Waals surface area contributed by atoms with Crippen molar-refractivity contribution in [3.05, 3.63) is 0 Å². The van der Waals surface area contributed by atoms with Crippen LogP contribution < -0.4 is 0 Å². The van der Waals surface area contributed by atoms with Crippen molar-refractivity contribution in [3.63, 3.8) is 0 Å². The van der Waals surface area contributed by atoms with Crippen molar-refractivity contribution in [2.45, 2.75) is 56.0 Å². The smallest absolute Gasteiger partial charge is 0.104 e. The fourth-order valence-corrected chi connectivity index (χ4v) is 5.13. The summed E-state index contributed by atoms with van der Waals surface area (Å²) in [5, 5.41) is 0. The number of hydrogen-bond acceptors (Lipinski definition) is 4. The molecule has 7 atom stereocenters. The molecule has 2 saturated heterocycles. The molecule has 0 aromatic rings. The number of hydrogen-bond donors (Lipinski definition) is 0. The predicted octanol–water partition coefficient (Wildman–Crippen LogP) is 1.76. The van der Waals surface area contributed by atoms with Crippen LogP contribution in [0.25, 0.3) is 0 Å². The molecule has 2 heterocycles. The van der Waals surface area contributed by atoms with Crippen LogP contribution in [0.15, 0.2) is 0 Å². The zero-order valence-corrected chi connectivity index (χ0v) is 12.0. The molecule has 112 valence electrons. The van der Waals surface area contributed by atoms with E-state index in [-0.39, 0.29) is 5.60 Å². The van der Waals surface area contributed by atoms with Gasteiger partial charge < -0.3 is 18.9 Å². The van der Waals surface area contributed by atoms with E-state index in [1.165, 1.54) is 32.1 Å². The topological polar surface area (TPSA) is 43.5 Å². The molecule has 20 heavy (non-hydrogen) atoms. The summed E-state index contributed by atoms with van der Waals surface area (Å²) in [7, 11) is 0. The highest BCUT2D eigenvalue weighted by Gasteiger charge is 2.61. The summed E-state index contributed by atoms with van der Waals surface area (Å²) >= 11 is 0. The van der Waals surface area contributed by atoms with E-state index < -0.39 is 0 Å². The lowest BCUT2D eigenvalue weighted by Gasteiger charge is -2.35. The maximum atomic E-state index is 6.40. The van der Waals surface area contributed by atoms with Crippen molar-refractivity contribution in [2.75, 3.05) is 26.4 Å². The van der Waals surface area contributed by atoms with Gasteiger partial charge in [0.25, 0.3) is 0 Å². The van der Waals surface area contributed by atoms with Crippen LogP contribution >= 0.6 is 0 Å². The number of epoxide rings is 2. The van der Waals surface area contributed by atoms with Crippen molar-refractivity contribution >= 4 is 0 Å². The molecule has 0 N–H and O–H groups in total.